The highest BCUT2D eigenvalue weighted by Gasteiger charge is 2.22. The molecule has 0 unspecified atom stereocenters. The summed E-state index contributed by atoms with van der Waals surface area (Å²) in [5.41, 5.74) is 1.41. The third-order valence-electron chi connectivity index (χ3n) is 4.85. The van der Waals surface area contributed by atoms with Crippen molar-refractivity contribution < 1.29 is 4.74 Å². The van der Waals surface area contributed by atoms with Gasteiger partial charge in [0, 0.05) is 32.2 Å². The van der Waals surface area contributed by atoms with Gasteiger partial charge in [0.15, 0.2) is 0 Å². The quantitative estimate of drug-likeness (QED) is 0.780. The van der Waals surface area contributed by atoms with E-state index >= 15 is 0 Å². The van der Waals surface area contributed by atoms with Crippen LogP contribution in [0.15, 0.2) is 54.6 Å². The SMILES string of the molecule is CC(C)CC[C@H](c1ccc(Oc2ccccc2)cc1)N1CCNCC1. The Morgan fingerprint density at radius 2 is 1.52 bits per heavy atom. The number of hydrogen-bond acceptors (Lipinski definition) is 3. The lowest BCUT2D eigenvalue weighted by Gasteiger charge is -2.35. The van der Waals surface area contributed by atoms with E-state index in [1.54, 1.807) is 0 Å². The van der Waals surface area contributed by atoms with Gasteiger partial charge < -0.3 is 10.1 Å². The van der Waals surface area contributed by atoms with Gasteiger partial charge in [0.25, 0.3) is 0 Å². The topological polar surface area (TPSA) is 24.5 Å². The van der Waals surface area contributed by atoms with Gasteiger partial charge >= 0.3 is 0 Å². The van der Waals surface area contributed by atoms with E-state index in [4.69, 9.17) is 4.74 Å². The van der Waals surface area contributed by atoms with Crippen LogP contribution in [-0.2, 0) is 0 Å². The van der Waals surface area contributed by atoms with E-state index in [1.165, 1.54) is 18.4 Å². The molecule has 0 amide bonds. The molecule has 25 heavy (non-hydrogen) atoms. The van der Waals surface area contributed by atoms with E-state index < -0.39 is 0 Å². The summed E-state index contributed by atoms with van der Waals surface area (Å²) < 4.78 is 5.93. The molecule has 1 heterocycles. The molecule has 3 nitrogen and oxygen atoms in total. The molecule has 1 aliphatic heterocycles. The molecule has 3 heteroatoms. The molecule has 1 fully saturated rings. The second kappa shape index (κ2) is 9.02. The lowest BCUT2D eigenvalue weighted by atomic mass is 9.95. The summed E-state index contributed by atoms with van der Waals surface area (Å²) in [6.07, 6.45) is 2.48. The van der Waals surface area contributed by atoms with Gasteiger partial charge in [-0.2, -0.15) is 0 Å². The predicted molar refractivity (Wildman–Crippen MR) is 104 cm³/mol. The molecule has 0 spiro atoms. The van der Waals surface area contributed by atoms with Crippen LogP contribution >= 0.6 is 0 Å². The maximum atomic E-state index is 5.93. The molecule has 3 rings (SSSR count). The fourth-order valence-corrected chi connectivity index (χ4v) is 3.43. The second-order valence-corrected chi connectivity index (χ2v) is 7.26. The van der Waals surface area contributed by atoms with Crippen molar-refractivity contribution in [1.82, 2.24) is 10.2 Å². The maximum Gasteiger partial charge on any atom is 0.127 e. The van der Waals surface area contributed by atoms with E-state index in [0.29, 0.717) is 6.04 Å². The molecule has 2 aromatic carbocycles. The summed E-state index contributed by atoms with van der Waals surface area (Å²) in [6, 6.07) is 19.2. The van der Waals surface area contributed by atoms with Crippen LogP contribution in [0.5, 0.6) is 11.5 Å². The summed E-state index contributed by atoms with van der Waals surface area (Å²) in [5, 5.41) is 3.46. The summed E-state index contributed by atoms with van der Waals surface area (Å²) >= 11 is 0. The Hall–Kier alpha value is -1.84. The van der Waals surface area contributed by atoms with Gasteiger partial charge in [-0.25, -0.2) is 0 Å². The van der Waals surface area contributed by atoms with E-state index in [-0.39, 0.29) is 0 Å². The van der Waals surface area contributed by atoms with Crippen molar-refractivity contribution >= 4 is 0 Å². The minimum Gasteiger partial charge on any atom is -0.457 e. The lowest BCUT2D eigenvalue weighted by Crippen LogP contribution is -2.45. The van der Waals surface area contributed by atoms with Crippen LogP contribution in [0.1, 0.15) is 38.3 Å². The Bertz CT molecular complexity index is 618. The highest BCUT2D eigenvalue weighted by atomic mass is 16.5. The van der Waals surface area contributed by atoms with Gasteiger partial charge in [-0.05, 0) is 48.6 Å². The molecular weight excluding hydrogens is 308 g/mol. The highest BCUT2D eigenvalue weighted by molar-refractivity contribution is 5.34. The van der Waals surface area contributed by atoms with Crippen LogP contribution in [0, 0.1) is 5.92 Å². The van der Waals surface area contributed by atoms with Crippen molar-refractivity contribution in [3.8, 4) is 11.5 Å². The molecule has 1 saturated heterocycles. The van der Waals surface area contributed by atoms with E-state index in [2.05, 4.69) is 48.3 Å². The Morgan fingerprint density at radius 1 is 0.880 bits per heavy atom. The van der Waals surface area contributed by atoms with E-state index in [0.717, 1.165) is 43.6 Å². The Labute approximate surface area is 152 Å². The first-order chi connectivity index (χ1) is 12.2. The molecule has 2 aromatic rings. The maximum absolute atomic E-state index is 5.93. The zero-order valence-corrected chi connectivity index (χ0v) is 15.4. The summed E-state index contributed by atoms with van der Waals surface area (Å²) in [6.45, 7) is 9.06. The molecule has 0 bridgehead atoms. The molecule has 1 aliphatic rings. The molecule has 0 saturated carbocycles. The number of ether oxygens (including phenoxy) is 1. The number of nitrogens with one attached hydrogen (secondary N) is 1. The minimum absolute atomic E-state index is 0.510. The van der Waals surface area contributed by atoms with Crippen molar-refractivity contribution in [2.24, 2.45) is 5.92 Å². The van der Waals surface area contributed by atoms with E-state index in [9.17, 15) is 0 Å². The van der Waals surface area contributed by atoms with Gasteiger partial charge in [0.05, 0.1) is 0 Å². The highest BCUT2D eigenvalue weighted by Crippen LogP contribution is 2.30. The van der Waals surface area contributed by atoms with Crippen LogP contribution in [0.4, 0.5) is 0 Å². The van der Waals surface area contributed by atoms with Gasteiger partial charge in [-0.3, -0.25) is 4.90 Å². The molecule has 0 radical (unpaired) electrons. The predicted octanol–water partition coefficient (Wildman–Crippen LogP) is 4.86. The van der Waals surface area contributed by atoms with Crippen LogP contribution in [-0.4, -0.2) is 31.1 Å². The Kier molecular flexibility index (Phi) is 6.48. The average Bonchev–Trinajstić information content (AvgIpc) is 2.65. The minimum atomic E-state index is 0.510. The third-order valence-corrected chi connectivity index (χ3v) is 4.85. The van der Waals surface area contributed by atoms with Crippen molar-refractivity contribution in [2.45, 2.75) is 32.7 Å². The normalized spacial score (nSPS) is 16.8. The summed E-state index contributed by atoms with van der Waals surface area (Å²) in [4.78, 5) is 2.63. The smallest absolute Gasteiger partial charge is 0.127 e. The molecule has 0 aliphatic carbocycles. The molecule has 1 atom stereocenters. The fraction of sp³-hybridized carbons (Fsp3) is 0.455. The van der Waals surface area contributed by atoms with Crippen LogP contribution in [0.3, 0.4) is 0 Å². The first-order valence-corrected chi connectivity index (χ1v) is 9.50. The van der Waals surface area contributed by atoms with Crippen LogP contribution < -0.4 is 10.1 Å². The van der Waals surface area contributed by atoms with Gasteiger partial charge in [0.2, 0.25) is 0 Å². The van der Waals surface area contributed by atoms with Crippen LogP contribution in [0.25, 0.3) is 0 Å². The number of benzene rings is 2. The Balaban J connectivity index is 1.71. The van der Waals surface area contributed by atoms with Gasteiger partial charge in [-0.15, -0.1) is 0 Å². The first-order valence-electron chi connectivity index (χ1n) is 9.50. The number of para-hydroxylation sites is 1. The zero-order valence-electron chi connectivity index (χ0n) is 15.4. The molecular formula is C22H30N2O. The standard InChI is InChI=1S/C22H30N2O/c1-18(2)8-13-22(24-16-14-23-15-17-24)19-9-11-21(12-10-19)25-20-6-4-3-5-7-20/h3-7,9-12,18,22-23H,8,13-17H2,1-2H3/t22-/m1/s1. The van der Waals surface area contributed by atoms with Crippen molar-refractivity contribution in [3.63, 3.8) is 0 Å². The lowest BCUT2D eigenvalue weighted by molar-refractivity contribution is 0.160. The van der Waals surface area contributed by atoms with Crippen molar-refractivity contribution in [2.75, 3.05) is 26.2 Å². The number of piperazine rings is 1. The molecule has 1 N–H and O–H groups in total. The fourth-order valence-electron chi connectivity index (χ4n) is 3.43. The van der Waals surface area contributed by atoms with Crippen molar-refractivity contribution in [1.29, 1.82) is 0 Å². The van der Waals surface area contributed by atoms with Crippen molar-refractivity contribution in [3.05, 3.63) is 60.2 Å². The van der Waals surface area contributed by atoms with Gasteiger partial charge in [-0.1, -0.05) is 44.2 Å². The average molecular weight is 338 g/mol. The molecule has 134 valence electrons. The second-order valence-electron chi connectivity index (χ2n) is 7.26. The van der Waals surface area contributed by atoms with E-state index in [1.807, 2.05) is 30.3 Å². The first kappa shape index (κ1) is 18.0. The number of hydrogen-bond donors (Lipinski definition) is 1. The Morgan fingerprint density at radius 3 is 2.16 bits per heavy atom. The molecule has 0 aromatic heterocycles. The summed E-state index contributed by atoms with van der Waals surface area (Å²) in [7, 11) is 0. The van der Waals surface area contributed by atoms with Crippen LogP contribution in [0.2, 0.25) is 0 Å². The number of rotatable bonds is 7. The largest absolute Gasteiger partial charge is 0.457 e. The summed E-state index contributed by atoms with van der Waals surface area (Å²) in [5.74, 6) is 2.53. The monoisotopic (exact) mass is 338 g/mol. The van der Waals surface area contributed by atoms with Gasteiger partial charge in [0.1, 0.15) is 11.5 Å². The zero-order chi connectivity index (χ0) is 17.5. The third kappa shape index (κ3) is 5.32. The number of nitrogens with zero attached hydrogens (tertiary/aromatic N) is 1.